The minimum Gasteiger partial charge on any atom is -0.379 e. The summed E-state index contributed by atoms with van der Waals surface area (Å²) >= 11 is 0. The lowest BCUT2D eigenvalue weighted by Crippen LogP contribution is -2.41. The Hall–Kier alpha value is -1.97. The van der Waals surface area contributed by atoms with Gasteiger partial charge in [-0.25, -0.2) is 8.42 Å². The van der Waals surface area contributed by atoms with Gasteiger partial charge >= 0.3 is 0 Å². The van der Waals surface area contributed by atoms with Crippen LogP contribution in [0.25, 0.3) is 0 Å². The molecule has 1 aliphatic rings. The number of ether oxygens (including phenoxy) is 1. The summed E-state index contributed by atoms with van der Waals surface area (Å²) in [6, 6.07) is 4.47. The summed E-state index contributed by atoms with van der Waals surface area (Å²) in [6.07, 6.45) is 0. The molecule has 8 nitrogen and oxygen atoms in total. The van der Waals surface area contributed by atoms with E-state index in [-0.39, 0.29) is 42.0 Å². The maximum atomic E-state index is 12.8. The number of benzene rings is 1. The number of rotatable bonds is 6. The van der Waals surface area contributed by atoms with Crippen molar-refractivity contribution >= 4 is 21.8 Å². The highest BCUT2D eigenvalue weighted by atomic mass is 32.2. The van der Waals surface area contributed by atoms with Crippen molar-refractivity contribution in [1.82, 2.24) is 14.9 Å². The molecule has 0 radical (unpaired) electrons. The Morgan fingerprint density at radius 2 is 1.88 bits per heavy atom. The molecule has 0 aliphatic carbocycles. The fraction of sp³-hybridized carbons (Fsp3) is 0.529. The zero-order valence-corrected chi connectivity index (χ0v) is 16.1. The number of aryl methyl sites for hydroxylation is 1. The summed E-state index contributed by atoms with van der Waals surface area (Å²) in [5.74, 6) is -0.802. The van der Waals surface area contributed by atoms with Crippen LogP contribution >= 0.6 is 0 Å². The Balaban J connectivity index is 2.16. The van der Waals surface area contributed by atoms with Gasteiger partial charge in [0.1, 0.15) is 0 Å². The first-order valence-electron chi connectivity index (χ1n) is 8.48. The fourth-order valence-corrected chi connectivity index (χ4v) is 4.24. The molecule has 2 rings (SSSR count). The Kier molecular flexibility index (Phi) is 6.74. The fourth-order valence-electron chi connectivity index (χ4n) is 2.58. The molecular formula is C17H25N3O5S. The lowest BCUT2D eigenvalue weighted by Gasteiger charge is -2.26. The number of sulfonamides is 1. The molecule has 9 heteroatoms. The largest absolute Gasteiger partial charge is 0.379 e. The molecule has 144 valence electrons. The molecule has 0 unspecified atom stereocenters. The first-order valence-corrected chi connectivity index (χ1v) is 9.92. The number of hydrogen-bond donors (Lipinski definition) is 2. The Morgan fingerprint density at radius 3 is 2.50 bits per heavy atom. The molecule has 0 atom stereocenters. The maximum Gasteiger partial charge on any atom is 0.251 e. The first-order chi connectivity index (χ1) is 12.2. The van der Waals surface area contributed by atoms with Gasteiger partial charge in [0.05, 0.1) is 24.7 Å². The van der Waals surface area contributed by atoms with E-state index in [2.05, 4.69) is 10.6 Å². The van der Waals surface area contributed by atoms with Crippen molar-refractivity contribution in [2.24, 2.45) is 0 Å². The van der Waals surface area contributed by atoms with Crippen LogP contribution in [0.1, 0.15) is 29.8 Å². The van der Waals surface area contributed by atoms with Crippen LogP contribution in [0.3, 0.4) is 0 Å². The molecule has 2 N–H and O–H groups in total. The van der Waals surface area contributed by atoms with E-state index in [1.165, 1.54) is 10.4 Å². The summed E-state index contributed by atoms with van der Waals surface area (Å²) in [4.78, 5) is 24.0. The summed E-state index contributed by atoms with van der Waals surface area (Å²) in [6.45, 7) is 6.43. The summed E-state index contributed by atoms with van der Waals surface area (Å²) in [7, 11) is -3.70. The molecule has 0 saturated carbocycles. The second-order valence-electron chi connectivity index (χ2n) is 6.40. The van der Waals surface area contributed by atoms with Gasteiger partial charge in [-0.1, -0.05) is 6.07 Å². The predicted molar refractivity (Wildman–Crippen MR) is 96.4 cm³/mol. The molecule has 1 aliphatic heterocycles. The van der Waals surface area contributed by atoms with Crippen molar-refractivity contribution in [1.29, 1.82) is 0 Å². The first kappa shape index (κ1) is 20.3. The molecule has 1 saturated heterocycles. The second kappa shape index (κ2) is 8.61. The number of hydrogen-bond acceptors (Lipinski definition) is 5. The van der Waals surface area contributed by atoms with E-state index in [1.807, 2.05) is 13.8 Å². The van der Waals surface area contributed by atoms with Crippen molar-refractivity contribution in [3.63, 3.8) is 0 Å². The number of morpholine rings is 1. The summed E-state index contributed by atoms with van der Waals surface area (Å²) < 4.78 is 32.2. The van der Waals surface area contributed by atoms with Crippen LogP contribution in [0.4, 0.5) is 0 Å². The average Bonchev–Trinajstić information content (AvgIpc) is 2.60. The minimum absolute atomic E-state index is 0.0240. The Labute approximate surface area is 153 Å². The van der Waals surface area contributed by atoms with E-state index < -0.39 is 15.9 Å². The van der Waals surface area contributed by atoms with Crippen LogP contribution in [-0.2, 0) is 19.6 Å². The standard InChI is InChI=1S/C17H25N3O5S/c1-12(2)19-16(21)11-18-17(22)14-5-4-13(3)15(10-14)26(23,24)20-6-8-25-9-7-20/h4-5,10,12H,6-9,11H2,1-3H3,(H,18,22)(H,19,21). The number of amides is 2. The highest BCUT2D eigenvalue weighted by Crippen LogP contribution is 2.22. The maximum absolute atomic E-state index is 12.8. The quantitative estimate of drug-likeness (QED) is 0.734. The summed E-state index contributed by atoms with van der Waals surface area (Å²) in [5, 5.41) is 5.17. The van der Waals surface area contributed by atoms with Gasteiger partial charge in [-0.2, -0.15) is 4.31 Å². The van der Waals surface area contributed by atoms with E-state index in [0.29, 0.717) is 18.8 Å². The monoisotopic (exact) mass is 383 g/mol. The molecule has 1 fully saturated rings. The zero-order chi connectivity index (χ0) is 19.3. The molecule has 1 aromatic carbocycles. The molecular weight excluding hydrogens is 358 g/mol. The van der Waals surface area contributed by atoms with Gasteiger partial charge in [0, 0.05) is 24.7 Å². The van der Waals surface area contributed by atoms with Crippen LogP contribution in [-0.4, -0.2) is 63.4 Å². The van der Waals surface area contributed by atoms with Crippen molar-refractivity contribution in [3.05, 3.63) is 29.3 Å². The van der Waals surface area contributed by atoms with Crippen molar-refractivity contribution in [3.8, 4) is 0 Å². The zero-order valence-electron chi connectivity index (χ0n) is 15.2. The second-order valence-corrected chi connectivity index (χ2v) is 8.31. The normalized spacial score (nSPS) is 15.7. The molecule has 2 amide bonds. The molecule has 0 aromatic heterocycles. The van der Waals surface area contributed by atoms with Gasteiger partial charge in [-0.3, -0.25) is 9.59 Å². The SMILES string of the molecule is Cc1ccc(C(=O)NCC(=O)NC(C)C)cc1S(=O)(=O)N1CCOCC1. The van der Waals surface area contributed by atoms with E-state index >= 15 is 0 Å². The van der Waals surface area contributed by atoms with Crippen LogP contribution < -0.4 is 10.6 Å². The molecule has 1 heterocycles. The smallest absolute Gasteiger partial charge is 0.251 e. The minimum atomic E-state index is -3.70. The van der Waals surface area contributed by atoms with Gasteiger partial charge < -0.3 is 15.4 Å². The van der Waals surface area contributed by atoms with Gasteiger partial charge in [0.25, 0.3) is 5.91 Å². The molecule has 1 aromatic rings. The third kappa shape index (κ3) is 5.03. The average molecular weight is 383 g/mol. The van der Waals surface area contributed by atoms with Gasteiger partial charge in [0.15, 0.2) is 0 Å². The molecule has 0 spiro atoms. The van der Waals surface area contributed by atoms with Gasteiger partial charge in [0.2, 0.25) is 15.9 Å². The van der Waals surface area contributed by atoms with E-state index in [4.69, 9.17) is 4.74 Å². The number of nitrogens with one attached hydrogen (secondary N) is 2. The van der Waals surface area contributed by atoms with Crippen LogP contribution in [0.5, 0.6) is 0 Å². The van der Waals surface area contributed by atoms with Crippen LogP contribution in [0, 0.1) is 6.92 Å². The number of carbonyl (C=O) groups is 2. The topological polar surface area (TPSA) is 105 Å². The van der Waals surface area contributed by atoms with E-state index in [9.17, 15) is 18.0 Å². The van der Waals surface area contributed by atoms with Gasteiger partial charge in [-0.05, 0) is 38.5 Å². The Morgan fingerprint density at radius 1 is 1.23 bits per heavy atom. The number of nitrogens with zero attached hydrogens (tertiary/aromatic N) is 1. The third-order valence-corrected chi connectivity index (χ3v) is 5.94. The predicted octanol–water partition coefficient (Wildman–Crippen LogP) is 0.270. The van der Waals surface area contributed by atoms with Crippen LogP contribution in [0.2, 0.25) is 0 Å². The lowest BCUT2D eigenvalue weighted by molar-refractivity contribution is -0.120. The lowest BCUT2D eigenvalue weighted by atomic mass is 10.1. The summed E-state index contributed by atoms with van der Waals surface area (Å²) in [5.41, 5.74) is 0.755. The highest BCUT2D eigenvalue weighted by Gasteiger charge is 2.28. The molecule has 26 heavy (non-hydrogen) atoms. The van der Waals surface area contributed by atoms with Crippen molar-refractivity contribution < 1.29 is 22.7 Å². The third-order valence-electron chi connectivity index (χ3n) is 3.90. The highest BCUT2D eigenvalue weighted by molar-refractivity contribution is 7.89. The molecule has 0 bridgehead atoms. The van der Waals surface area contributed by atoms with Crippen LogP contribution in [0.15, 0.2) is 23.1 Å². The van der Waals surface area contributed by atoms with Gasteiger partial charge in [-0.15, -0.1) is 0 Å². The number of carbonyl (C=O) groups excluding carboxylic acids is 2. The van der Waals surface area contributed by atoms with Crippen molar-refractivity contribution in [2.75, 3.05) is 32.8 Å². The Bertz CT molecular complexity index is 771. The van der Waals surface area contributed by atoms with E-state index in [0.717, 1.165) is 0 Å². The van der Waals surface area contributed by atoms with E-state index in [1.54, 1.807) is 19.1 Å². The van der Waals surface area contributed by atoms with Crippen molar-refractivity contribution in [2.45, 2.75) is 31.7 Å².